The van der Waals surface area contributed by atoms with E-state index in [2.05, 4.69) is 44.8 Å². The molecule has 102 valence electrons. The van der Waals surface area contributed by atoms with E-state index in [-0.39, 0.29) is 5.54 Å². The summed E-state index contributed by atoms with van der Waals surface area (Å²) in [5.74, 6) is 0.694. The molecular formula is C14H30N2O. The number of nitrogens with one attached hydrogen (secondary N) is 1. The van der Waals surface area contributed by atoms with Gasteiger partial charge in [0, 0.05) is 31.8 Å². The molecule has 0 spiro atoms. The van der Waals surface area contributed by atoms with Gasteiger partial charge in [0.05, 0.1) is 6.10 Å². The van der Waals surface area contributed by atoms with E-state index in [1.165, 1.54) is 19.5 Å². The topological polar surface area (TPSA) is 24.5 Å². The molecule has 3 heteroatoms. The van der Waals surface area contributed by atoms with Crippen molar-refractivity contribution in [3.8, 4) is 0 Å². The Hall–Kier alpha value is -0.120. The molecule has 1 N–H and O–H groups in total. The van der Waals surface area contributed by atoms with Gasteiger partial charge in [-0.15, -0.1) is 0 Å². The second-order valence-corrected chi connectivity index (χ2v) is 6.53. The Morgan fingerprint density at radius 1 is 1.41 bits per heavy atom. The van der Waals surface area contributed by atoms with Gasteiger partial charge in [0.2, 0.25) is 0 Å². The first-order valence-electron chi connectivity index (χ1n) is 6.96. The number of hydrogen-bond acceptors (Lipinski definition) is 3. The van der Waals surface area contributed by atoms with E-state index in [1.807, 2.05) is 0 Å². The van der Waals surface area contributed by atoms with Crippen LogP contribution in [-0.4, -0.2) is 49.3 Å². The van der Waals surface area contributed by atoms with E-state index in [4.69, 9.17) is 4.74 Å². The number of rotatable bonds is 4. The smallest absolute Gasteiger partial charge is 0.0673 e. The van der Waals surface area contributed by atoms with Crippen LogP contribution in [0.2, 0.25) is 0 Å². The van der Waals surface area contributed by atoms with Crippen molar-refractivity contribution >= 4 is 0 Å². The lowest BCUT2D eigenvalue weighted by Crippen LogP contribution is -2.42. The molecule has 0 aromatic rings. The second-order valence-electron chi connectivity index (χ2n) is 6.53. The van der Waals surface area contributed by atoms with Crippen molar-refractivity contribution in [2.45, 2.75) is 52.7 Å². The molecule has 0 aliphatic carbocycles. The van der Waals surface area contributed by atoms with Crippen LogP contribution in [0.1, 0.15) is 41.0 Å². The molecule has 1 aliphatic heterocycles. The van der Waals surface area contributed by atoms with E-state index < -0.39 is 0 Å². The highest BCUT2D eigenvalue weighted by molar-refractivity contribution is 4.75. The molecule has 1 aliphatic rings. The molecule has 1 fully saturated rings. The van der Waals surface area contributed by atoms with Crippen molar-refractivity contribution in [3.63, 3.8) is 0 Å². The first kappa shape index (κ1) is 14.9. The second kappa shape index (κ2) is 6.72. The van der Waals surface area contributed by atoms with Gasteiger partial charge in [0.1, 0.15) is 0 Å². The zero-order valence-corrected chi connectivity index (χ0v) is 12.3. The minimum absolute atomic E-state index is 0.226. The predicted octanol–water partition coefficient (Wildman–Crippen LogP) is 2.12. The Morgan fingerprint density at radius 2 is 2.12 bits per heavy atom. The first-order chi connectivity index (χ1) is 7.87. The van der Waals surface area contributed by atoms with Crippen molar-refractivity contribution in [3.05, 3.63) is 0 Å². The predicted molar refractivity (Wildman–Crippen MR) is 73.4 cm³/mol. The SMILES string of the molecule is CC(CNC(C)(C)C)CN1CCCOC(C)C1. The Morgan fingerprint density at radius 3 is 2.76 bits per heavy atom. The van der Waals surface area contributed by atoms with Gasteiger partial charge in [-0.3, -0.25) is 0 Å². The van der Waals surface area contributed by atoms with Crippen molar-refractivity contribution in [1.29, 1.82) is 0 Å². The van der Waals surface area contributed by atoms with Crippen LogP contribution >= 0.6 is 0 Å². The van der Waals surface area contributed by atoms with Crippen LogP contribution in [-0.2, 0) is 4.74 Å². The first-order valence-corrected chi connectivity index (χ1v) is 6.96. The Labute approximate surface area is 107 Å². The number of ether oxygens (including phenoxy) is 1. The zero-order valence-electron chi connectivity index (χ0n) is 12.3. The van der Waals surface area contributed by atoms with Crippen LogP contribution in [0, 0.1) is 5.92 Å². The normalized spacial score (nSPS) is 25.6. The van der Waals surface area contributed by atoms with Crippen LogP contribution in [0.15, 0.2) is 0 Å². The van der Waals surface area contributed by atoms with Gasteiger partial charge in [-0.1, -0.05) is 6.92 Å². The summed E-state index contributed by atoms with van der Waals surface area (Å²) in [6, 6.07) is 0. The highest BCUT2D eigenvalue weighted by Crippen LogP contribution is 2.09. The van der Waals surface area contributed by atoms with Crippen molar-refractivity contribution in [1.82, 2.24) is 10.2 Å². The maximum absolute atomic E-state index is 5.67. The third-order valence-corrected chi connectivity index (χ3v) is 3.09. The van der Waals surface area contributed by atoms with Crippen LogP contribution < -0.4 is 5.32 Å². The molecule has 3 nitrogen and oxygen atoms in total. The van der Waals surface area contributed by atoms with Crippen molar-refractivity contribution in [2.75, 3.05) is 32.8 Å². The molecular weight excluding hydrogens is 212 g/mol. The summed E-state index contributed by atoms with van der Waals surface area (Å²) >= 11 is 0. The van der Waals surface area contributed by atoms with Gasteiger partial charge in [-0.05, 0) is 46.6 Å². The molecule has 1 saturated heterocycles. The Bertz CT molecular complexity index is 213. The van der Waals surface area contributed by atoms with Gasteiger partial charge in [-0.25, -0.2) is 0 Å². The molecule has 17 heavy (non-hydrogen) atoms. The zero-order chi connectivity index (χ0) is 12.9. The molecule has 1 rings (SSSR count). The molecule has 0 radical (unpaired) electrons. The van der Waals surface area contributed by atoms with Gasteiger partial charge in [0.15, 0.2) is 0 Å². The molecule has 0 aromatic heterocycles. The highest BCUT2D eigenvalue weighted by atomic mass is 16.5. The minimum atomic E-state index is 0.226. The van der Waals surface area contributed by atoms with Crippen LogP contribution in [0.25, 0.3) is 0 Å². The quantitative estimate of drug-likeness (QED) is 0.817. The van der Waals surface area contributed by atoms with E-state index in [0.29, 0.717) is 12.0 Å². The van der Waals surface area contributed by atoms with Crippen LogP contribution in [0.3, 0.4) is 0 Å². The fraction of sp³-hybridized carbons (Fsp3) is 1.00. The monoisotopic (exact) mass is 242 g/mol. The van der Waals surface area contributed by atoms with Gasteiger partial charge in [-0.2, -0.15) is 0 Å². The van der Waals surface area contributed by atoms with Gasteiger partial charge in [0.25, 0.3) is 0 Å². The lowest BCUT2D eigenvalue weighted by Gasteiger charge is -2.28. The lowest BCUT2D eigenvalue weighted by atomic mass is 10.1. The summed E-state index contributed by atoms with van der Waals surface area (Å²) in [5, 5.41) is 3.58. The minimum Gasteiger partial charge on any atom is -0.377 e. The molecule has 0 saturated carbocycles. The summed E-state index contributed by atoms with van der Waals surface area (Å²) in [7, 11) is 0. The van der Waals surface area contributed by atoms with E-state index in [1.54, 1.807) is 0 Å². The molecule has 2 atom stereocenters. The summed E-state index contributed by atoms with van der Waals surface area (Å²) < 4.78 is 5.67. The molecule has 1 heterocycles. The fourth-order valence-corrected chi connectivity index (χ4v) is 2.23. The molecule has 0 amide bonds. The maximum atomic E-state index is 5.67. The summed E-state index contributed by atoms with van der Waals surface area (Å²) in [5.41, 5.74) is 0.226. The van der Waals surface area contributed by atoms with Crippen LogP contribution in [0.4, 0.5) is 0 Å². The molecule has 2 unspecified atom stereocenters. The molecule has 0 bridgehead atoms. The van der Waals surface area contributed by atoms with Crippen molar-refractivity contribution < 1.29 is 4.74 Å². The van der Waals surface area contributed by atoms with Gasteiger partial charge >= 0.3 is 0 Å². The Balaban J connectivity index is 2.26. The van der Waals surface area contributed by atoms with E-state index in [9.17, 15) is 0 Å². The fourth-order valence-electron chi connectivity index (χ4n) is 2.23. The van der Waals surface area contributed by atoms with Gasteiger partial charge < -0.3 is 15.0 Å². The third-order valence-electron chi connectivity index (χ3n) is 3.09. The standard InChI is InChI=1S/C14H30N2O/c1-12(9-15-14(3,4)5)10-16-7-6-8-17-13(2)11-16/h12-13,15H,6-11H2,1-5H3. The lowest BCUT2D eigenvalue weighted by molar-refractivity contribution is 0.0657. The van der Waals surface area contributed by atoms with E-state index >= 15 is 0 Å². The largest absolute Gasteiger partial charge is 0.377 e. The highest BCUT2D eigenvalue weighted by Gasteiger charge is 2.18. The van der Waals surface area contributed by atoms with E-state index in [0.717, 1.165) is 19.7 Å². The third kappa shape index (κ3) is 7.02. The number of hydrogen-bond donors (Lipinski definition) is 1. The van der Waals surface area contributed by atoms with Crippen molar-refractivity contribution in [2.24, 2.45) is 5.92 Å². The summed E-state index contributed by atoms with van der Waals surface area (Å²) in [4.78, 5) is 2.55. The summed E-state index contributed by atoms with van der Waals surface area (Å²) in [6.45, 7) is 16.6. The maximum Gasteiger partial charge on any atom is 0.0673 e. The summed E-state index contributed by atoms with van der Waals surface area (Å²) in [6.07, 6.45) is 1.56. The number of nitrogens with zero attached hydrogens (tertiary/aromatic N) is 1. The average molecular weight is 242 g/mol. The van der Waals surface area contributed by atoms with Crippen LogP contribution in [0.5, 0.6) is 0 Å². The Kier molecular flexibility index (Phi) is 5.90. The average Bonchev–Trinajstić information content (AvgIpc) is 2.39. The molecule has 0 aromatic carbocycles.